The van der Waals surface area contributed by atoms with Crippen LogP contribution in [0.25, 0.3) is 0 Å². The molecule has 5 N–H and O–H groups in total. The molecule has 0 aliphatic carbocycles. The van der Waals surface area contributed by atoms with Crippen LogP contribution in [0.4, 0.5) is 0 Å². The van der Waals surface area contributed by atoms with Gasteiger partial charge in [0.25, 0.3) is 0 Å². The first-order valence-corrected chi connectivity index (χ1v) is 26.3. The highest BCUT2D eigenvalue weighted by Crippen LogP contribution is 2.43. The zero-order valence-electron chi connectivity index (χ0n) is 37.9. The molecule has 0 spiro atoms. The van der Waals surface area contributed by atoms with Gasteiger partial charge in [0.2, 0.25) is 5.91 Å². The van der Waals surface area contributed by atoms with Crippen LogP contribution < -0.4 is 11.1 Å². The summed E-state index contributed by atoms with van der Waals surface area (Å²) in [5.41, 5.74) is 5.39. The molecule has 0 heterocycles. The molecule has 57 heavy (non-hydrogen) atoms. The lowest BCUT2D eigenvalue weighted by atomic mass is 10.0. The van der Waals surface area contributed by atoms with Crippen molar-refractivity contribution >= 4 is 13.7 Å². The first-order valence-electron chi connectivity index (χ1n) is 24.8. The molecular formula is C48H97N2O6P. The molecule has 0 aliphatic rings. The van der Waals surface area contributed by atoms with Crippen molar-refractivity contribution in [3.8, 4) is 0 Å². The van der Waals surface area contributed by atoms with E-state index in [0.717, 1.165) is 38.5 Å². The number of phosphoric ester groups is 1. The van der Waals surface area contributed by atoms with E-state index in [4.69, 9.17) is 14.8 Å². The molecule has 1 amide bonds. The third-order valence-corrected chi connectivity index (χ3v) is 12.3. The molecule has 0 saturated carbocycles. The molecule has 0 aromatic carbocycles. The number of nitrogens with one attached hydrogen (secondary N) is 1. The third kappa shape index (κ3) is 43.1. The molecule has 8 nitrogen and oxygen atoms in total. The minimum Gasteiger partial charge on any atom is -0.387 e. The summed E-state index contributed by atoms with van der Waals surface area (Å²) in [5, 5.41) is 13.7. The number of allylic oxidation sites excluding steroid dienone is 1. The molecule has 3 atom stereocenters. The number of carbonyl (C=O) groups is 1. The van der Waals surface area contributed by atoms with Gasteiger partial charge in [0.15, 0.2) is 0 Å². The van der Waals surface area contributed by atoms with Gasteiger partial charge in [-0.3, -0.25) is 13.8 Å². The minimum absolute atomic E-state index is 0.0816. The van der Waals surface area contributed by atoms with E-state index in [9.17, 15) is 19.4 Å². The number of nitrogens with two attached hydrogens (primary N) is 1. The molecule has 0 aromatic rings. The maximum absolute atomic E-state index is 12.8. The van der Waals surface area contributed by atoms with Crippen LogP contribution in [-0.4, -0.2) is 47.8 Å². The normalized spacial score (nSPS) is 14.0. The number of hydrogen-bond acceptors (Lipinski definition) is 6. The van der Waals surface area contributed by atoms with E-state index in [-0.39, 0.29) is 25.7 Å². The van der Waals surface area contributed by atoms with Crippen molar-refractivity contribution < 1.29 is 28.4 Å². The molecule has 0 radical (unpaired) electrons. The van der Waals surface area contributed by atoms with Crippen LogP contribution in [0.15, 0.2) is 12.2 Å². The van der Waals surface area contributed by atoms with Crippen molar-refractivity contribution in [1.82, 2.24) is 5.32 Å². The quantitative estimate of drug-likeness (QED) is 0.0273. The molecule has 9 heteroatoms. The highest BCUT2D eigenvalue weighted by atomic mass is 31.2. The van der Waals surface area contributed by atoms with Gasteiger partial charge in [-0.25, -0.2) is 4.57 Å². The molecular weight excluding hydrogens is 732 g/mol. The number of carbonyl (C=O) groups excluding carboxylic acids is 1. The zero-order valence-corrected chi connectivity index (χ0v) is 38.7. The van der Waals surface area contributed by atoms with E-state index in [0.29, 0.717) is 6.42 Å². The summed E-state index contributed by atoms with van der Waals surface area (Å²) < 4.78 is 22.2. The monoisotopic (exact) mass is 829 g/mol. The predicted octanol–water partition coefficient (Wildman–Crippen LogP) is 14.3. The van der Waals surface area contributed by atoms with Crippen LogP contribution >= 0.6 is 7.82 Å². The van der Waals surface area contributed by atoms with Gasteiger partial charge in [-0.2, -0.15) is 0 Å². The molecule has 0 rings (SSSR count). The van der Waals surface area contributed by atoms with Gasteiger partial charge in [0, 0.05) is 13.0 Å². The summed E-state index contributed by atoms with van der Waals surface area (Å²) in [4.78, 5) is 22.8. The summed E-state index contributed by atoms with van der Waals surface area (Å²) in [5.74, 6) is -0.188. The minimum atomic E-state index is -4.34. The van der Waals surface area contributed by atoms with Crippen LogP contribution in [0.5, 0.6) is 0 Å². The molecule has 0 saturated heterocycles. The van der Waals surface area contributed by atoms with Crippen molar-refractivity contribution in [2.75, 3.05) is 19.8 Å². The topological polar surface area (TPSA) is 131 Å². The Morgan fingerprint density at radius 1 is 0.561 bits per heavy atom. The second kappa shape index (κ2) is 44.8. The number of amides is 1. The summed E-state index contributed by atoms with van der Waals surface area (Å²) in [6.45, 7) is 4.18. The van der Waals surface area contributed by atoms with Gasteiger partial charge < -0.3 is 21.1 Å². The Hall–Kier alpha value is -0.760. The smallest absolute Gasteiger partial charge is 0.387 e. The SMILES string of the molecule is CCCCCCCCCCCCCCCC/C=C/C(O)C(COP(=O)(O)OCCN)NC(=O)CCCCCCCCCCCCCCCCCCCCCCCC. The first kappa shape index (κ1) is 56.2. The van der Waals surface area contributed by atoms with E-state index in [1.54, 1.807) is 6.08 Å². The van der Waals surface area contributed by atoms with Crippen molar-refractivity contribution in [3.05, 3.63) is 12.2 Å². The fraction of sp³-hybridized carbons (Fsp3) is 0.938. The van der Waals surface area contributed by atoms with Gasteiger partial charge in [-0.1, -0.05) is 244 Å². The summed E-state index contributed by atoms with van der Waals surface area (Å²) in [6.07, 6.45) is 51.3. The molecule has 340 valence electrons. The molecule has 0 aliphatic heterocycles. The number of phosphoric acid groups is 1. The van der Waals surface area contributed by atoms with E-state index in [1.165, 1.54) is 199 Å². The fourth-order valence-electron chi connectivity index (χ4n) is 7.61. The second-order valence-electron chi connectivity index (χ2n) is 17.0. The fourth-order valence-corrected chi connectivity index (χ4v) is 8.36. The number of rotatable bonds is 47. The summed E-state index contributed by atoms with van der Waals surface area (Å²) in [6, 6.07) is -0.855. The van der Waals surface area contributed by atoms with Crippen LogP contribution in [0.3, 0.4) is 0 Å². The van der Waals surface area contributed by atoms with Gasteiger partial charge in [-0.05, 0) is 19.3 Å². The highest BCUT2D eigenvalue weighted by molar-refractivity contribution is 7.47. The molecule has 0 fully saturated rings. The van der Waals surface area contributed by atoms with E-state index >= 15 is 0 Å². The van der Waals surface area contributed by atoms with E-state index in [1.807, 2.05) is 6.08 Å². The maximum Gasteiger partial charge on any atom is 0.472 e. The van der Waals surface area contributed by atoms with Crippen LogP contribution in [0, 0.1) is 0 Å². The van der Waals surface area contributed by atoms with Crippen molar-refractivity contribution in [1.29, 1.82) is 0 Å². The van der Waals surface area contributed by atoms with E-state index in [2.05, 4.69) is 19.2 Å². The Kier molecular flexibility index (Phi) is 44.2. The molecule has 0 aromatic heterocycles. The Balaban J connectivity index is 4.06. The molecule has 3 unspecified atom stereocenters. The number of aliphatic hydroxyl groups is 1. The van der Waals surface area contributed by atoms with Crippen LogP contribution in [-0.2, 0) is 18.4 Å². The van der Waals surface area contributed by atoms with Gasteiger partial charge >= 0.3 is 7.82 Å². The van der Waals surface area contributed by atoms with E-state index < -0.39 is 20.0 Å². The van der Waals surface area contributed by atoms with Crippen molar-refractivity contribution in [3.63, 3.8) is 0 Å². The van der Waals surface area contributed by atoms with Gasteiger partial charge in [0.1, 0.15) is 0 Å². The molecule has 0 bridgehead atoms. The summed E-state index contributed by atoms with van der Waals surface area (Å²) >= 11 is 0. The Morgan fingerprint density at radius 2 is 0.895 bits per heavy atom. The predicted molar refractivity (Wildman–Crippen MR) is 245 cm³/mol. The lowest BCUT2D eigenvalue weighted by Crippen LogP contribution is -2.45. The lowest BCUT2D eigenvalue weighted by Gasteiger charge is -2.23. The van der Waals surface area contributed by atoms with Crippen molar-refractivity contribution in [2.24, 2.45) is 5.73 Å². The van der Waals surface area contributed by atoms with Crippen molar-refractivity contribution in [2.45, 2.75) is 270 Å². The number of aliphatic hydroxyl groups excluding tert-OH is 1. The van der Waals surface area contributed by atoms with Crippen LogP contribution in [0.2, 0.25) is 0 Å². The zero-order chi connectivity index (χ0) is 41.8. The maximum atomic E-state index is 12.8. The highest BCUT2D eigenvalue weighted by Gasteiger charge is 2.26. The van der Waals surface area contributed by atoms with Crippen LogP contribution in [0.1, 0.15) is 258 Å². The average Bonchev–Trinajstić information content (AvgIpc) is 3.20. The standard InChI is InChI=1S/C48H97N2O6P/c1-3-5-7-9-11-13-15-17-19-21-22-23-24-25-26-28-30-32-34-36-38-40-42-48(52)50-46(45-56-57(53,54)55-44-43-49)47(51)41-39-37-35-33-31-29-27-20-18-16-14-12-10-8-6-4-2/h39,41,46-47,51H,3-38,40,42-45,49H2,1-2H3,(H,50,52)(H,53,54)/b41-39+. The third-order valence-electron chi connectivity index (χ3n) is 11.4. The summed E-state index contributed by atoms with van der Waals surface area (Å²) in [7, 11) is -4.34. The largest absolute Gasteiger partial charge is 0.472 e. The number of unbranched alkanes of at least 4 members (excludes halogenated alkanes) is 35. The Bertz CT molecular complexity index is 906. The Morgan fingerprint density at radius 3 is 1.25 bits per heavy atom. The average molecular weight is 829 g/mol. The Labute approximate surface area is 354 Å². The first-order chi connectivity index (χ1) is 27.9. The van der Waals surface area contributed by atoms with Gasteiger partial charge in [0.05, 0.1) is 25.4 Å². The lowest BCUT2D eigenvalue weighted by molar-refractivity contribution is -0.123. The number of hydrogen-bond donors (Lipinski definition) is 4. The second-order valence-corrected chi connectivity index (χ2v) is 18.5. The van der Waals surface area contributed by atoms with Gasteiger partial charge in [-0.15, -0.1) is 0 Å².